The maximum atomic E-state index is 11.6. The number of imidazole rings is 1. The van der Waals surface area contributed by atoms with Crippen LogP contribution in [0.2, 0.25) is 0 Å². The van der Waals surface area contributed by atoms with Crippen LogP contribution in [0.5, 0.6) is 0 Å². The molecule has 3 N–H and O–H groups in total. The molecule has 108 valence electrons. The summed E-state index contributed by atoms with van der Waals surface area (Å²) in [5.41, 5.74) is 6.95. The molecule has 0 radical (unpaired) electrons. The molecule has 1 aromatic carbocycles. The van der Waals surface area contributed by atoms with Gasteiger partial charge in [-0.2, -0.15) is 9.71 Å². The molecule has 0 amide bonds. The third kappa shape index (κ3) is 2.86. The van der Waals surface area contributed by atoms with Gasteiger partial charge in [0.05, 0.1) is 0 Å². The molecule has 3 rings (SSSR count). The summed E-state index contributed by atoms with van der Waals surface area (Å²) in [7, 11) is 0. The summed E-state index contributed by atoms with van der Waals surface area (Å²) in [5, 5.41) is 0. The molecule has 0 unspecified atom stereocenters. The minimum atomic E-state index is -0.371. The first kappa shape index (κ1) is 13.2. The predicted octanol–water partition coefficient (Wildman–Crippen LogP) is 0.763. The fraction of sp³-hybridized carbons (Fsp3) is 0.214. The number of rotatable bonds is 5. The van der Waals surface area contributed by atoms with Gasteiger partial charge in [-0.15, -0.1) is 0 Å². The Labute approximate surface area is 120 Å². The van der Waals surface area contributed by atoms with Crippen LogP contribution < -0.4 is 16.1 Å². The average Bonchev–Trinajstić information content (AvgIpc) is 2.88. The van der Waals surface area contributed by atoms with Gasteiger partial charge >= 0.3 is 0 Å². The van der Waals surface area contributed by atoms with Crippen LogP contribution >= 0.6 is 0 Å². The van der Waals surface area contributed by atoms with E-state index in [0.717, 1.165) is 12.8 Å². The zero-order chi connectivity index (χ0) is 14.7. The van der Waals surface area contributed by atoms with Gasteiger partial charge < -0.3 is 10.6 Å². The number of nitrogen functional groups attached to an aromatic ring is 1. The van der Waals surface area contributed by atoms with Crippen molar-refractivity contribution in [3.05, 3.63) is 52.6 Å². The van der Waals surface area contributed by atoms with E-state index in [1.807, 2.05) is 18.2 Å². The third-order valence-corrected chi connectivity index (χ3v) is 3.08. The SMILES string of the molecule is Nc1nc2c(ncn2OCCCc2ccccc2)c(=O)[nH]1. The summed E-state index contributed by atoms with van der Waals surface area (Å²) in [6.07, 6.45) is 3.20. The number of nitrogens with zero attached hydrogens (tertiary/aromatic N) is 3. The molecule has 7 heteroatoms. The summed E-state index contributed by atoms with van der Waals surface area (Å²) in [6.45, 7) is 0.495. The first-order valence-electron chi connectivity index (χ1n) is 6.64. The van der Waals surface area contributed by atoms with Crippen LogP contribution in [0, 0.1) is 0 Å². The molecule has 0 spiro atoms. The summed E-state index contributed by atoms with van der Waals surface area (Å²) in [6, 6.07) is 10.2. The fourth-order valence-corrected chi connectivity index (χ4v) is 2.09. The number of benzene rings is 1. The van der Waals surface area contributed by atoms with Gasteiger partial charge in [0.15, 0.2) is 5.52 Å². The Morgan fingerprint density at radius 2 is 2.10 bits per heavy atom. The van der Waals surface area contributed by atoms with Gasteiger partial charge in [0.2, 0.25) is 11.6 Å². The van der Waals surface area contributed by atoms with Crippen molar-refractivity contribution >= 4 is 17.1 Å². The Morgan fingerprint density at radius 1 is 1.29 bits per heavy atom. The van der Waals surface area contributed by atoms with Crippen molar-refractivity contribution in [2.45, 2.75) is 12.8 Å². The standard InChI is InChI=1S/C14H15N5O2/c15-14-17-12-11(13(20)18-14)16-9-19(12)21-8-4-7-10-5-2-1-3-6-10/h1-3,5-6,9H,4,7-8H2,(H3,15,17,18,20). The number of fused-ring (bicyclic) bond motifs is 1. The first-order chi connectivity index (χ1) is 10.2. The van der Waals surface area contributed by atoms with E-state index in [-0.39, 0.29) is 17.0 Å². The van der Waals surface area contributed by atoms with E-state index in [9.17, 15) is 4.79 Å². The molecule has 2 aromatic heterocycles. The molecule has 0 aliphatic heterocycles. The minimum Gasteiger partial charge on any atom is -0.411 e. The van der Waals surface area contributed by atoms with Crippen LogP contribution in [0.25, 0.3) is 11.2 Å². The van der Waals surface area contributed by atoms with Crippen molar-refractivity contribution in [2.75, 3.05) is 12.3 Å². The molecule has 0 saturated carbocycles. The Morgan fingerprint density at radius 3 is 2.90 bits per heavy atom. The van der Waals surface area contributed by atoms with Gasteiger partial charge in [-0.3, -0.25) is 9.78 Å². The summed E-state index contributed by atoms with van der Waals surface area (Å²) in [5.74, 6) is 0.0436. The Hall–Kier alpha value is -2.83. The van der Waals surface area contributed by atoms with Crippen LogP contribution in [0.15, 0.2) is 41.5 Å². The lowest BCUT2D eigenvalue weighted by Gasteiger charge is -2.06. The monoisotopic (exact) mass is 285 g/mol. The minimum absolute atomic E-state index is 0.0436. The highest BCUT2D eigenvalue weighted by Crippen LogP contribution is 2.05. The van der Waals surface area contributed by atoms with Gasteiger partial charge in [-0.05, 0) is 18.4 Å². The van der Waals surface area contributed by atoms with Gasteiger partial charge in [-0.25, -0.2) is 4.98 Å². The number of H-pyrrole nitrogens is 1. The van der Waals surface area contributed by atoms with Gasteiger partial charge in [0.25, 0.3) is 5.56 Å². The zero-order valence-corrected chi connectivity index (χ0v) is 11.3. The number of nitrogens with two attached hydrogens (primary N) is 1. The number of aromatic amines is 1. The number of anilines is 1. The third-order valence-electron chi connectivity index (χ3n) is 3.08. The predicted molar refractivity (Wildman–Crippen MR) is 78.8 cm³/mol. The van der Waals surface area contributed by atoms with E-state index in [1.54, 1.807) is 0 Å². The quantitative estimate of drug-likeness (QED) is 0.674. The number of aromatic nitrogens is 4. The molecular weight excluding hydrogens is 270 g/mol. The van der Waals surface area contributed by atoms with E-state index in [2.05, 4.69) is 27.1 Å². The molecule has 0 saturated heterocycles. The summed E-state index contributed by atoms with van der Waals surface area (Å²) < 4.78 is 1.38. The maximum absolute atomic E-state index is 11.6. The normalized spacial score (nSPS) is 10.9. The average molecular weight is 285 g/mol. The molecule has 0 aliphatic carbocycles. The second-order valence-electron chi connectivity index (χ2n) is 4.62. The van der Waals surface area contributed by atoms with Gasteiger partial charge in [0, 0.05) is 0 Å². The van der Waals surface area contributed by atoms with E-state index in [4.69, 9.17) is 10.6 Å². The van der Waals surface area contributed by atoms with Crippen molar-refractivity contribution in [3.8, 4) is 0 Å². The maximum Gasteiger partial charge on any atom is 0.280 e. The van der Waals surface area contributed by atoms with Crippen molar-refractivity contribution in [3.63, 3.8) is 0 Å². The molecule has 0 aliphatic rings. The molecule has 2 heterocycles. The lowest BCUT2D eigenvalue weighted by atomic mass is 10.1. The first-order valence-corrected chi connectivity index (χ1v) is 6.64. The molecule has 0 fully saturated rings. The second-order valence-corrected chi connectivity index (χ2v) is 4.62. The van der Waals surface area contributed by atoms with Crippen molar-refractivity contribution in [1.29, 1.82) is 0 Å². The number of nitrogens with one attached hydrogen (secondary N) is 1. The number of aryl methyl sites for hydroxylation is 1. The smallest absolute Gasteiger partial charge is 0.280 e. The highest BCUT2D eigenvalue weighted by Gasteiger charge is 2.09. The van der Waals surface area contributed by atoms with E-state index >= 15 is 0 Å². The zero-order valence-electron chi connectivity index (χ0n) is 11.3. The highest BCUT2D eigenvalue weighted by atomic mass is 16.7. The highest BCUT2D eigenvalue weighted by molar-refractivity contribution is 5.69. The van der Waals surface area contributed by atoms with Crippen LogP contribution in [-0.4, -0.2) is 26.3 Å². The van der Waals surface area contributed by atoms with E-state index in [1.165, 1.54) is 16.6 Å². The van der Waals surface area contributed by atoms with Crippen LogP contribution in [-0.2, 0) is 6.42 Å². The van der Waals surface area contributed by atoms with Crippen LogP contribution in [0.3, 0.4) is 0 Å². The number of hydrogen-bond acceptors (Lipinski definition) is 5. The largest absolute Gasteiger partial charge is 0.411 e. The van der Waals surface area contributed by atoms with Gasteiger partial charge in [0.1, 0.15) is 12.9 Å². The molecule has 3 aromatic rings. The van der Waals surface area contributed by atoms with Gasteiger partial charge in [-0.1, -0.05) is 30.3 Å². The number of hydrogen-bond donors (Lipinski definition) is 2. The van der Waals surface area contributed by atoms with Crippen molar-refractivity contribution < 1.29 is 4.84 Å². The van der Waals surface area contributed by atoms with E-state index in [0.29, 0.717) is 12.3 Å². The van der Waals surface area contributed by atoms with E-state index < -0.39 is 0 Å². The Bertz CT molecular complexity index is 794. The molecule has 7 nitrogen and oxygen atoms in total. The van der Waals surface area contributed by atoms with Crippen molar-refractivity contribution in [2.24, 2.45) is 0 Å². The molecule has 0 atom stereocenters. The second kappa shape index (κ2) is 5.66. The Kier molecular flexibility index (Phi) is 3.55. The lowest BCUT2D eigenvalue weighted by Crippen LogP contribution is -2.16. The van der Waals surface area contributed by atoms with Crippen molar-refractivity contribution in [1.82, 2.24) is 19.7 Å². The van der Waals surface area contributed by atoms with Crippen LogP contribution in [0.4, 0.5) is 5.95 Å². The van der Waals surface area contributed by atoms with Crippen LogP contribution in [0.1, 0.15) is 12.0 Å². The Balaban J connectivity index is 1.65. The summed E-state index contributed by atoms with van der Waals surface area (Å²) in [4.78, 5) is 27.6. The topological polar surface area (TPSA) is 98.8 Å². The lowest BCUT2D eigenvalue weighted by molar-refractivity contribution is 0.115. The molecule has 0 bridgehead atoms. The summed E-state index contributed by atoms with van der Waals surface area (Å²) >= 11 is 0. The fourth-order valence-electron chi connectivity index (χ4n) is 2.09. The molecular formula is C14H15N5O2. The molecule has 21 heavy (non-hydrogen) atoms.